The molecule has 0 aromatic rings. The molecule has 1 rings (SSSR count). The van der Waals surface area contributed by atoms with Crippen LogP contribution in [0.4, 0.5) is 8.78 Å². The maximum atomic E-state index is 12.1. The number of carbonyl (C=O) groups excluding carboxylic acids is 1. The van der Waals surface area contributed by atoms with Crippen molar-refractivity contribution in [3.8, 4) is 0 Å². The highest BCUT2D eigenvalue weighted by atomic mass is 19.3. The molecule has 1 aliphatic carbocycles. The molecule has 0 aromatic carbocycles. The predicted octanol–water partition coefficient (Wildman–Crippen LogP) is 0.778. The van der Waals surface area contributed by atoms with Gasteiger partial charge in [0.05, 0.1) is 0 Å². The zero-order chi connectivity index (χ0) is 7.61. The van der Waals surface area contributed by atoms with Crippen molar-refractivity contribution in [1.82, 2.24) is 5.32 Å². The summed E-state index contributed by atoms with van der Waals surface area (Å²) in [5.41, 5.74) is 0. The summed E-state index contributed by atoms with van der Waals surface area (Å²) in [6.07, 6.45) is 0.387. The second-order valence-electron chi connectivity index (χ2n) is 2.66. The molecule has 4 heteroatoms. The lowest BCUT2D eigenvalue weighted by Gasteiger charge is -2.34. The molecule has 0 spiro atoms. The van der Waals surface area contributed by atoms with E-state index in [1.165, 1.54) is 0 Å². The molecule has 0 aliphatic heterocycles. The van der Waals surface area contributed by atoms with Crippen LogP contribution in [-0.2, 0) is 4.79 Å². The van der Waals surface area contributed by atoms with Crippen LogP contribution in [0.3, 0.4) is 0 Å². The van der Waals surface area contributed by atoms with Crippen molar-refractivity contribution in [2.45, 2.75) is 18.8 Å². The molecular weight excluding hydrogens is 140 g/mol. The summed E-state index contributed by atoms with van der Waals surface area (Å²) in [4.78, 5) is 9.71. The number of amides is 1. The summed E-state index contributed by atoms with van der Waals surface area (Å²) in [6, 6.07) is 0. The van der Waals surface area contributed by atoms with E-state index in [4.69, 9.17) is 0 Å². The number of carbonyl (C=O) groups is 1. The van der Waals surface area contributed by atoms with Gasteiger partial charge in [-0.05, 0) is 5.92 Å². The fraction of sp³-hybridized carbons (Fsp3) is 0.833. The van der Waals surface area contributed by atoms with Gasteiger partial charge in [0.1, 0.15) is 0 Å². The summed E-state index contributed by atoms with van der Waals surface area (Å²) in [5, 5.41) is 2.37. The molecule has 2 nitrogen and oxygen atoms in total. The maximum Gasteiger partial charge on any atom is 0.248 e. The Balaban J connectivity index is 2.08. The minimum atomic E-state index is -2.46. The number of halogens is 2. The van der Waals surface area contributed by atoms with Crippen LogP contribution in [0, 0.1) is 5.92 Å². The molecule has 1 saturated carbocycles. The first-order chi connectivity index (χ1) is 4.64. The molecule has 10 heavy (non-hydrogen) atoms. The normalized spacial score (nSPS) is 23.4. The quantitative estimate of drug-likeness (QED) is 0.590. The molecule has 1 amide bonds. The lowest BCUT2D eigenvalue weighted by atomic mass is 9.81. The van der Waals surface area contributed by atoms with Gasteiger partial charge in [-0.15, -0.1) is 0 Å². The van der Waals surface area contributed by atoms with Gasteiger partial charge in [0, 0.05) is 19.4 Å². The topological polar surface area (TPSA) is 29.1 Å². The van der Waals surface area contributed by atoms with Crippen molar-refractivity contribution in [2.24, 2.45) is 5.92 Å². The molecule has 1 aliphatic rings. The molecule has 0 unspecified atom stereocenters. The van der Waals surface area contributed by atoms with E-state index in [1.807, 2.05) is 0 Å². The second kappa shape index (κ2) is 2.52. The smallest absolute Gasteiger partial charge is 0.248 e. The molecule has 58 valence electrons. The maximum absolute atomic E-state index is 12.1. The molecule has 0 aromatic heterocycles. The Hall–Kier alpha value is -0.670. The summed E-state index contributed by atoms with van der Waals surface area (Å²) >= 11 is 0. The van der Waals surface area contributed by atoms with Crippen LogP contribution in [0.2, 0.25) is 0 Å². The van der Waals surface area contributed by atoms with Crippen molar-refractivity contribution in [3.63, 3.8) is 0 Å². The zero-order valence-electron chi connectivity index (χ0n) is 5.44. The first-order valence-corrected chi connectivity index (χ1v) is 3.19. The predicted molar refractivity (Wildman–Crippen MR) is 31.7 cm³/mol. The summed E-state index contributed by atoms with van der Waals surface area (Å²) < 4.78 is 24.2. The Bertz CT molecular complexity index is 130. The minimum Gasteiger partial charge on any atom is -0.358 e. The van der Waals surface area contributed by atoms with Gasteiger partial charge >= 0.3 is 0 Å². The summed E-state index contributed by atoms with van der Waals surface area (Å²) in [7, 11) is 0. The molecule has 0 saturated heterocycles. The van der Waals surface area contributed by atoms with Crippen LogP contribution in [0.15, 0.2) is 0 Å². The third-order valence-corrected chi connectivity index (χ3v) is 1.66. The van der Waals surface area contributed by atoms with Gasteiger partial charge in [-0.2, -0.15) is 0 Å². The summed E-state index contributed by atoms with van der Waals surface area (Å²) in [6.45, 7) is 0.388. The highest BCUT2D eigenvalue weighted by Gasteiger charge is 2.44. The average molecular weight is 149 g/mol. The number of rotatable bonds is 3. The van der Waals surface area contributed by atoms with E-state index in [0.717, 1.165) is 0 Å². The van der Waals surface area contributed by atoms with Crippen LogP contribution in [0.1, 0.15) is 12.8 Å². The summed E-state index contributed by atoms with van der Waals surface area (Å²) in [5.74, 6) is -2.48. The monoisotopic (exact) mass is 149 g/mol. The van der Waals surface area contributed by atoms with Gasteiger partial charge in [0.25, 0.3) is 0 Å². The van der Waals surface area contributed by atoms with E-state index in [1.54, 1.807) is 0 Å². The molecule has 0 bridgehead atoms. The SMILES string of the molecule is O=CNCC1CC(F)(F)C1. The van der Waals surface area contributed by atoms with Gasteiger partial charge in [-0.3, -0.25) is 4.79 Å². The van der Waals surface area contributed by atoms with Crippen LogP contribution in [0.5, 0.6) is 0 Å². The Labute approximate surface area is 57.6 Å². The third-order valence-electron chi connectivity index (χ3n) is 1.66. The Morgan fingerprint density at radius 3 is 2.60 bits per heavy atom. The van der Waals surface area contributed by atoms with E-state index in [-0.39, 0.29) is 18.8 Å². The van der Waals surface area contributed by atoms with Gasteiger partial charge in [-0.25, -0.2) is 8.78 Å². The molecule has 0 atom stereocenters. The molecular formula is C6H9F2NO. The van der Waals surface area contributed by atoms with Crippen LogP contribution in [0.25, 0.3) is 0 Å². The standard InChI is InChI=1S/C6H9F2NO/c7-6(8)1-5(2-6)3-9-4-10/h4-5H,1-3H2,(H,9,10). The van der Waals surface area contributed by atoms with Crippen LogP contribution in [-0.4, -0.2) is 18.9 Å². The van der Waals surface area contributed by atoms with Gasteiger partial charge in [-0.1, -0.05) is 0 Å². The zero-order valence-corrected chi connectivity index (χ0v) is 5.44. The highest BCUT2D eigenvalue weighted by molar-refractivity contribution is 5.45. The lowest BCUT2D eigenvalue weighted by Crippen LogP contribution is -2.40. The lowest BCUT2D eigenvalue weighted by molar-refractivity contribution is -0.117. The van der Waals surface area contributed by atoms with Crippen molar-refractivity contribution in [1.29, 1.82) is 0 Å². The van der Waals surface area contributed by atoms with Gasteiger partial charge in [0.15, 0.2) is 0 Å². The van der Waals surface area contributed by atoms with E-state index in [0.29, 0.717) is 13.0 Å². The first-order valence-electron chi connectivity index (χ1n) is 3.19. The van der Waals surface area contributed by atoms with E-state index >= 15 is 0 Å². The van der Waals surface area contributed by atoms with Crippen molar-refractivity contribution < 1.29 is 13.6 Å². The Morgan fingerprint density at radius 1 is 1.60 bits per heavy atom. The fourth-order valence-electron chi connectivity index (χ4n) is 1.14. The Kier molecular flexibility index (Phi) is 1.87. The molecule has 0 radical (unpaired) electrons. The van der Waals surface area contributed by atoms with Crippen LogP contribution < -0.4 is 5.32 Å². The largest absolute Gasteiger partial charge is 0.358 e. The molecule has 1 N–H and O–H groups in total. The third kappa shape index (κ3) is 1.65. The number of nitrogens with one attached hydrogen (secondary N) is 1. The van der Waals surface area contributed by atoms with E-state index < -0.39 is 5.92 Å². The second-order valence-corrected chi connectivity index (χ2v) is 2.66. The van der Waals surface area contributed by atoms with Crippen LogP contribution >= 0.6 is 0 Å². The average Bonchev–Trinajstić information content (AvgIpc) is 1.78. The van der Waals surface area contributed by atoms with Gasteiger partial charge < -0.3 is 5.32 Å². The highest BCUT2D eigenvalue weighted by Crippen LogP contribution is 2.41. The number of hydrogen-bond donors (Lipinski definition) is 1. The van der Waals surface area contributed by atoms with E-state index in [9.17, 15) is 13.6 Å². The Morgan fingerprint density at radius 2 is 2.20 bits per heavy atom. The van der Waals surface area contributed by atoms with E-state index in [2.05, 4.69) is 5.32 Å². The minimum absolute atomic E-state index is 0.0137. The molecule has 1 fully saturated rings. The van der Waals surface area contributed by atoms with Crippen molar-refractivity contribution in [3.05, 3.63) is 0 Å². The number of alkyl halides is 2. The molecule has 0 heterocycles. The number of hydrogen-bond acceptors (Lipinski definition) is 1. The van der Waals surface area contributed by atoms with Gasteiger partial charge in [0.2, 0.25) is 12.3 Å². The first kappa shape index (κ1) is 7.44. The fourth-order valence-corrected chi connectivity index (χ4v) is 1.14. The van der Waals surface area contributed by atoms with Crippen molar-refractivity contribution in [2.75, 3.05) is 6.54 Å². The van der Waals surface area contributed by atoms with Crippen molar-refractivity contribution >= 4 is 6.41 Å².